The van der Waals surface area contributed by atoms with Crippen LogP contribution in [0.5, 0.6) is 0 Å². The van der Waals surface area contributed by atoms with Crippen molar-refractivity contribution in [2.24, 2.45) is 4.99 Å². The molecule has 0 spiro atoms. The van der Waals surface area contributed by atoms with E-state index in [1.54, 1.807) is 24.6 Å². The fraction of sp³-hybridized carbons (Fsp3) is 0.292. The highest BCUT2D eigenvalue weighted by Gasteiger charge is 2.11. The van der Waals surface area contributed by atoms with E-state index in [9.17, 15) is 4.79 Å². The Morgan fingerprint density at radius 3 is 2.39 bits per heavy atom. The van der Waals surface area contributed by atoms with Crippen LogP contribution >= 0.6 is 11.8 Å². The molecule has 0 amide bonds. The van der Waals surface area contributed by atoms with Crippen molar-refractivity contribution in [3.63, 3.8) is 0 Å². The third kappa shape index (κ3) is 9.98. The number of nitrogens with one attached hydrogen (secondary N) is 1. The van der Waals surface area contributed by atoms with Crippen LogP contribution in [-0.2, 0) is 4.79 Å². The quantitative estimate of drug-likeness (QED) is 0.246. The van der Waals surface area contributed by atoms with Gasteiger partial charge in [0.1, 0.15) is 11.3 Å². The number of nitrogen functional groups attached to an aromatic ring is 1. The standard InChI is InChI=1S/C12H10N2OS.C10H14N2.C2H7N/c1-14-12(16-7-3-6-15)11-5-2-4-10(8-11)9-13;11-9-3-5-10(6-4-9)12-7-1-2-8-12;1-3-2/h2-8H,1H3;3-6H,1-2,7-8,11H2;3H,1-2H3/b7-3+,14-12?;;. The highest BCUT2D eigenvalue weighted by atomic mass is 32.2. The van der Waals surface area contributed by atoms with Gasteiger partial charge in [-0.05, 0) is 74.8 Å². The van der Waals surface area contributed by atoms with Crippen molar-refractivity contribution < 1.29 is 4.79 Å². The van der Waals surface area contributed by atoms with Gasteiger partial charge in [0.2, 0.25) is 0 Å². The van der Waals surface area contributed by atoms with Crippen molar-refractivity contribution in [2.75, 3.05) is 44.9 Å². The van der Waals surface area contributed by atoms with Gasteiger partial charge in [0.15, 0.2) is 0 Å². The Bertz CT molecular complexity index is 882. The molecule has 0 unspecified atom stereocenters. The molecule has 1 aliphatic rings. The summed E-state index contributed by atoms with van der Waals surface area (Å²) in [7, 11) is 5.43. The number of aliphatic imine (C=N–C) groups is 1. The molecule has 0 aliphatic carbocycles. The maximum absolute atomic E-state index is 10.1. The molecular weight excluding hydrogens is 406 g/mol. The van der Waals surface area contributed by atoms with Crippen LogP contribution in [0.25, 0.3) is 0 Å². The number of nitriles is 1. The minimum absolute atomic E-state index is 0.596. The average molecular weight is 438 g/mol. The predicted molar refractivity (Wildman–Crippen MR) is 134 cm³/mol. The second-order valence-corrected chi connectivity index (χ2v) is 7.48. The van der Waals surface area contributed by atoms with E-state index in [2.05, 4.69) is 33.4 Å². The number of hydrogen-bond donors (Lipinski definition) is 2. The maximum atomic E-state index is 10.1. The Balaban J connectivity index is 0.000000282. The smallest absolute Gasteiger partial charge is 0.143 e. The number of nitrogens with zero attached hydrogens (tertiary/aromatic N) is 3. The van der Waals surface area contributed by atoms with Gasteiger partial charge in [-0.3, -0.25) is 9.79 Å². The van der Waals surface area contributed by atoms with Crippen LogP contribution in [0, 0.1) is 11.3 Å². The van der Waals surface area contributed by atoms with Crippen molar-refractivity contribution in [3.05, 3.63) is 71.1 Å². The van der Waals surface area contributed by atoms with Crippen LogP contribution in [-0.4, -0.2) is 45.6 Å². The Hall–Kier alpha value is -3.08. The molecule has 0 bridgehead atoms. The highest BCUT2D eigenvalue weighted by Crippen LogP contribution is 2.20. The first kappa shape index (κ1) is 26.0. The summed E-state index contributed by atoms with van der Waals surface area (Å²) in [6.07, 6.45) is 4.77. The zero-order valence-corrected chi connectivity index (χ0v) is 19.2. The summed E-state index contributed by atoms with van der Waals surface area (Å²) in [6, 6.07) is 17.4. The van der Waals surface area contributed by atoms with Gasteiger partial charge >= 0.3 is 0 Å². The SMILES string of the molecule is CN=C(S/C=C/C=O)c1cccc(C#N)c1.CNC.Nc1ccc(N2CCCC2)cc1. The maximum Gasteiger partial charge on any atom is 0.143 e. The van der Waals surface area contributed by atoms with Crippen LogP contribution in [0.15, 0.2) is 65.0 Å². The van der Waals surface area contributed by atoms with Gasteiger partial charge < -0.3 is 16.0 Å². The van der Waals surface area contributed by atoms with Crippen molar-refractivity contribution in [2.45, 2.75) is 12.8 Å². The normalized spacial score (nSPS) is 13.0. The van der Waals surface area contributed by atoms with Crippen molar-refractivity contribution in [1.82, 2.24) is 5.32 Å². The molecule has 31 heavy (non-hydrogen) atoms. The van der Waals surface area contributed by atoms with E-state index in [-0.39, 0.29) is 0 Å². The molecule has 0 radical (unpaired) electrons. The number of carbonyl (C=O) groups excluding carboxylic acids is 1. The second kappa shape index (κ2) is 15.7. The van der Waals surface area contributed by atoms with E-state index in [0.29, 0.717) is 11.8 Å². The second-order valence-electron chi connectivity index (χ2n) is 6.59. The molecule has 3 rings (SSSR count). The van der Waals surface area contributed by atoms with Gasteiger partial charge in [-0.25, -0.2) is 0 Å². The fourth-order valence-electron chi connectivity index (χ4n) is 2.77. The van der Waals surface area contributed by atoms with Gasteiger partial charge in [0.25, 0.3) is 0 Å². The molecule has 1 saturated heterocycles. The first-order valence-corrected chi connectivity index (χ1v) is 10.9. The number of benzene rings is 2. The van der Waals surface area contributed by atoms with E-state index in [1.165, 1.54) is 49.5 Å². The summed E-state index contributed by atoms with van der Waals surface area (Å²) >= 11 is 1.35. The van der Waals surface area contributed by atoms with Gasteiger partial charge in [0, 0.05) is 37.1 Å². The summed E-state index contributed by atoms with van der Waals surface area (Å²) in [5.41, 5.74) is 9.23. The molecule has 3 N–H and O–H groups in total. The lowest BCUT2D eigenvalue weighted by Crippen LogP contribution is -2.17. The Morgan fingerprint density at radius 1 is 1.19 bits per heavy atom. The molecule has 0 saturated carbocycles. The van der Waals surface area contributed by atoms with Crippen LogP contribution in [0.4, 0.5) is 11.4 Å². The number of nitrogens with two attached hydrogens (primary N) is 1. The monoisotopic (exact) mass is 437 g/mol. The summed E-state index contributed by atoms with van der Waals surface area (Å²) < 4.78 is 0. The minimum atomic E-state index is 0.596. The molecule has 1 aliphatic heterocycles. The van der Waals surface area contributed by atoms with Gasteiger partial charge in [-0.2, -0.15) is 5.26 Å². The molecule has 2 aromatic carbocycles. The van der Waals surface area contributed by atoms with Crippen LogP contribution in [0.2, 0.25) is 0 Å². The highest BCUT2D eigenvalue weighted by molar-refractivity contribution is 8.16. The molecule has 1 fully saturated rings. The van der Waals surface area contributed by atoms with Crippen molar-refractivity contribution >= 4 is 34.5 Å². The van der Waals surface area contributed by atoms with Crippen molar-refractivity contribution in [3.8, 4) is 6.07 Å². The van der Waals surface area contributed by atoms with Crippen LogP contribution in [0.3, 0.4) is 0 Å². The summed E-state index contributed by atoms with van der Waals surface area (Å²) in [6.45, 7) is 2.40. The van der Waals surface area contributed by atoms with Gasteiger partial charge in [-0.15, -0.1) is 0 Å². The third-order valence-electron chi connectivity index (χ3n) is 4.14. The third-order valence-corrected chi connectivity index (χ3v) is 5.08. The number of carbonyl (C=O) groups is 1. The van der Waals surface area contributed by atoms with Crippen LogP contribution < -0.4 is 16.0 Å². The van der Waals surface area contributed by atoms with Crippen molar-refractivity contribution in [1.29, 1.82) is 5.26 Å². The lowest BCUT2D eigenvalue weighted by atomic mass is 10.1. The number of rotatable bonds is 4. The number of hydrogen-bond acceptors (Lipinski definition) is 7. The van der Waals surface area contributed by atoms with Gasteiger partial charge in [-0.1, -0.05) is 23.9 Å². The first-order valence-electron chi connectivity index (χ1n) is 10.0. The van der Waals surface area contributed by atoms with E-state index < -0.39 is 0 Å². The number of anilines is 2. The number of allylic oxidation sites excluding steroid dienone is 1. The summed E-state index contributed by atoms with van der Waals surface area (Å²) in [4.78, 5) is 16.6. The van der Waals surface area contributed by atoms with E-state index in [0.717, 1.165) is 16.3 Å². The van der Waals surface area contributed by atoms with E-state index in [1.807, 2.05) is 38.4 Å². The molecule has 2 aromatic rings. The van der Waals surface area contributed by atoms with E-state index >= 15 is 0 Å². The van der Waals surface area contributed by atoms with Gasteiger partial charge in [0.05, 0.1) is 11.6 Å². The number of aldehydes is 1. The average Bonchev–Trinajstić information content (AvgIpc) is 3.33. The zero-order valence-electron chi connectivity index (χ0n) is 18.4. The molecule has 164 valence electrons. The molecular formula is C24H31N5OS. The van der Waals surface area contributed by atoms with Crippen LogP contribution in [0.1, 0.15) is 24.0 Å². The predicted octanol–water partition coefficient (Wildman–Crippen LogP) is 4.09. The molecule has 6 nitrogen and oxygen atoms in total. The summed E-state index contributed by atoms with van der Waals surface area (Å²) in [5.74, 6) is 0. The topological polar surface area (TPSA) is 94.5 Å². The lowest BCUT2D eigenvalue weighted by molar-refractivity contribution is -0.104. The Morgan fingerprint density at radius 2 is 1.84 bits per heavy atom. The fourth-order valence-corrected chi connectivity index (χ4v) is 3.41. The molecule has 0 atom stereocenters. The van der Waals surface area contributed by atoms with E-state index in [4.69, 9.17) is 11.0 Å². The number of thioether (sulfide) groups is 1. The zero-order chi connectivity index (χ0) is 22.9. The molecule has 1 heterocycles. The Kier molecular flexibility index (Phi) is 13.2. The largest absolute Gasteiger partial charge is 0.399 e. The Labute approximate surface area is 189 Å². The minimum Gasteiger partial charge on any atom is -0.399 e. The lowest BCUT2D eigenvalue weighted by Gasteiger charge is -2.17. The molecule has 0 aromatic heterocycles. The summed E-state index contributed by atoms with van der Waals surface area (Å²) in [5, 5.41) is 14.0. The first-order chi connectivity index (χ1) is 15.1. The molecule has 7 heteroatoms.